The maximum absolute atomic E-state index is 8.18. The Kier molecular flexibility index (Phi) is 5900. The third kappa shape index (κ3) is 248. The van der Waals surface area contributed by atoms with Crippen molar-refractivity contribution < 1.29 is 38.3 Å². The minimum atomic E-state index is 0. The van der Waals surface area contributed by atoms with E-state index >= 15 is 0 Å². The Bertz CT molecular complexity index is 3.61. The second-order valence-electron chi connectivity index (χ2n) is 0. The predicted molar refractivity (Wildman–Crippen MR) is 11.5 cm³/mol. The topological polar surface area (TPSA) is 112 Å². The number of hydrogen-bond donors (Lipinski definition) is 0. The van der Waals surface area contributed by atoms with E-state index < -0.39 is 0 Å². The molecule has 0 aliphatic heterocycles. The van der Waals surface area contributed by atoms with Gasteiger partial charge in [0.15, 0.2) is 0 Å². The van der Waals surface area contributed by atoms with E-state index in [0.29, 0.717) is 0 Å². The molecule has 0 unspecified atom stereocenters. The van der Waals surface area contributed by atoms with Crippen molar-refractivity contribution in [2.45, 2.75) is 0 Å². The number of rotatable bonds is 0. The molecule has 0 atom stereocenters. The molecule has 0 aromatic rings. The van der Waals surface area contributed by atoms with Crippen molar-refractivity contribution in [2.24, 2.45) is 0 Å². The third-order valence-electron chi connectivity index (χ3n) is 0. The average Bonchev–Trinajstić information content (AvgIpc) is 1.00. The van der Waals surface area contributed by atoms with Gasteiger partial charge in [-0.3, -0.25) is 0 Å². The van der Waals surface area contributed by atoms with Crippen molar-refractivity contribution in [1.29, 1.82) is 0 Å². The zero-order valence-corrected chi connectivity index (χ0v) is 4.00. The molecule has 0 rings (SSSR count). The fraction of sp³-hybridized carbons (Fsp3) is 0. The summed E-state index contributed by atoms with van der Waals surface area (Å²) in [6.45, 7) is 0. The van der Waals surface area contributed by atoms with Gasteiger partial charge in [0.2, 0.25) is 0 Å². The van der Waals surface area contributed by atoms with Gasteiger partial charge in [-0.2, -0.15) is 0 Å². The van der Waals surface area contributed by atoms with Crippen molar-refractivity contribution >= 4 is 0 Å². The van der Waals surface area contributed by atoms with Gasteiger partial charge in [-0.25, -0.2) is 0 Å². The summed E-state index contributed by atoms with van der Waals surface area (Å²) < 4.78 is 8.18. The van der Waals surface area contributed by atoms with E-state index in [-0.39, 0.29) is 16.4 Å². The van der Waals surface area contributed by atoms with Crippen LogP contribution in [-0.2, 0) is 21.8 Å². The fourth-order valence-electron chi connectivity index (χ4n) is 0. The Morgan fingerprint density at radius 3 is 0.800 bits per heavy atom. The number of hydrogen-bond acceptors (Lipinski definition) is 1. The SMILES string of the molecule is O.O.O.[O]=[Ru]. The average molecular weight is 171 g/mol. The second kappa shape index (κ2) is 510. The van der Waals surface area contributed by atoms with Gasteiger partial charge in [-0.05, 0) is 0 Å². The summed E-state index contributed by atoms with van der Waals surface area (Å²) >= 11 is 1.10. The molecule has 5 heteroatoms. The van der Waals surface area contributed by atoms with Crippen LogP contribution >= 0.6 is 0 Å². The van der Waals surface area contributed by atoms with Gasteiger partial charge >= 0.3 is 21.8 Å². The van der Waals surface area contributed by atoms with Crippen molar-refractivity contribution in [3.63, 3.8) is 0 Å². The van der Waals surface area contributed by atoms with E-state index in [1.165, 1.54) is 0 Å². The van der Waals surface area contributed by atoms with Crippen molar-refractivity contribution in [3.8, 4) is 0 Å². The van der Waals surface area contributed by atoms with Crippen LogP contribution in [0.25, 0.3) is 0 Å². The van der Waals surface area contributed by atoms with Crippen molar-refractivity contribution in [1.82, 2.24) is 0 Å². The summed E-state index contributed by atoms with van der Waals surface area (Å²) in [5.74, 6) is 0. The van der Waals surface area contributed by atoms with E-state index in [1.54, 1.807) is 0 Å². The van der Waals surface area contributed by atoms with E-state index in [0.717, 1.165) is 18.3 Å². The van der Waals surface area contributed by atoms with Gasteiger partial charge in [0.25, 0.3) is 0 Å². The van der Waals surface area contributed by atoms with Gasteiger partial charge in [0, 0.05) is 0 Å². The quantitative estimate of drug-likeness (QED) is 0.366. The summed E-state index contributed by atoms with van der Waals surface area (Å²) in [4.78, 5) is 0. The molecule has 5 heavy (non-hydrogen) atoms. The Morgan fingerprint density at radius 1 is 0.800 bits per heavy atom. The molecule has 38 valence electrons. The van der Waals surface area contributed by atoms with Crippen LogP contribution in [-0.4, -0.2) is 16.4 Å². The van der Waals surface area contributed by atoms with Gasteiger partial charge in [-0.1, -0.05) is 0 Å². The molecule has 0 aliphatic carbocycles. The van der Waals surface area contributed by atoms with Gasteiger partial charge in [0.1, 0.15) is 0 Å². The fourth-order valence-corrected chi connectivity index (χ4v) is 0. The molecule has 0 aliphatic rings. The normalized spacial score (nSPS) is 1.00. The molecule has 0 amide bonds. The first kappa shape index (κ1) is 57.8. The molecule has 0 fully saturated rings. The molecule has 0 aromatic heterocycles. The van der Waals surface area contributed by atoms with Gasteiger partial charge < -0.3 is 16.4 Å². The molecule has 0 saturated heterocycles. The van der Waals surface area contributed by atoms with E-state index in [2.05, 4.69) is 0 Å². The third-order valence-corrected chi connectivity index (χ3v) is 0. The maximum atomic E-state index is 8.18. The first-order valence-corrected chi connectivity index (χ1v) is 0.854. The van der Waals surface area contributed by atoms with E-state index in [4.69, 9.17) is 3.57 Å². The van der Waals surface area contributed by atoms with Crippen molar-refractivity contribution in [3.05, 3.63) is 0 Å². The standard InChI is InChI=1S/3H2O.O.Ru/h3*1H2;;. The molecule has 0 aromatic carbocycles. The van der Waals surface area contributed by atoms with Crippen LogP contribution in [0.3, 0.4) is 0 Å². The van der Waals surface area contributed by atoms with E-state index in [1.807, 2.05) is 0 Å². The Morgan fingerprint density at radius 2 is 0.800 bits per heavy atom. The van der Waals surface area contributed by atoms with Gasteiger partial charge in [-0.15, -0.1) is 0 Å². The van der Waals surface area contributed by atoms with E-state index in [9.17, 15) is 0 Å². The first-order chi connectivity index (χ1) is 1.00. The van der Waals surface area contributed by atoms with Crippen LogP contribution in [0.2, 0.25) is 0 Å². The molecular formula is H6O4Ru. The summed E-state index contributed by atoms with van der Waals surface area (Å²) in [5.41, 5.74) is 0. The predicted octanol–water partition coefficient (Wildman–Crippen LogP) is -2.60. The molecular weight excluding hydrogens is 165 g/mol. The Hall–Kier alpha value is 0.303. The zero-order chi connectivity index (χ0) is 2.00. The van der Waals surface area contributed by atoms with Crippen LogP contribution in [0.5, 0.6) is 0 Å². The molecule has 6 N–H and O–H groups in total. The Labute approximate surface area is 39.0 Å². The van der Waals surface area contributed by atoms with Crippen LogP contribution in [0, 0.1) is 0 Å². The summed E-state index contributed by atoms with van der Waals surface area (Å²) in [6.07, 6.45) is 0. The Balaban J connectivity index is -0.00000000167. The first-order valence-electron chi connectivity index (χ1n) is 0.144. The van der Waals surface area contributed by atoms with Crippen LogP contribution in [0.4, 0.5) is 0 Å². The van der Waals surface area contributed by atoms with Crippen LogP contribution < -0.4 is 0 Å². The minimum absolute atomic E-state index is 0. The summed E-state index contributed by atoms with van der Waals surface area (Å²) in [6, 6.07) is 0. The van der Waals surface area contributed by atoms with Crippen molar-refractivity contribution in [2.75, 3.05) is 0 Å². The molecule has 0 heterocycles. The molecule has 0 bridgehead atoms. The molecule has 0 saturated carbocycles. The van der Waals surface area contributed by atoms with Gasteiger partial charge in [0.05, 0.1) is 0 Å². The monoisotopic (exact) mass is 172 g/mol. The zero-order valence-electron chi connectivity index (χ0n) is 2.26. The molecule has 0 radical (unpaired) electrons. The second-order valence-corrected chi connectivity index (χ2v) is 0. The molecule has 0 spiro atoms. The van der Waals surface area contributed by atoms with Crippen LogP contribution in [0.1, 0.15) is 0 Å². The molecule has 4 nitrogen and oxygen atoms in total. The summed E-state index contributed by atoms with van der Waals surface area (Å²) in [7, 11) is 0. The summed E-state index contributed by atoms with van der Waals surface area (Å²) in [5, 5.41) is 0. The van der Waals surface area contributed by atoms with Crippen LogP contribution in [0.15, 0.2) is 0 Å².